The van der Waals surface area contributed by atoms with Crippen LogP contribution in [0.1, 0.15) is 73.3 Å². The Labute approximate surface area is 284 Å². The molecule has 3 saturated heterocycles. The quantitative estimate of drug-likeness (QED) is 0.202. The molecule has 0 saturated carbocycles. The molecule has 3 heterocycles. The van der Waals surface area contributed by atoms with Crippen molar-refractivity contribution in [1.29, 1.82) is 0 Å². The summed E-state index contributed by atoms with van der Waals surface area (Å²) in [6.07, 6.45) is 4.67. The topological polar surface area (TPSA) is 90.4 Å². The van der Waals surface area contributed by atoms with E-state index in [1.807, 2.05) is 49.1 Å². The van der Waals surface area contributed by atoms with E-state index in [4.69, 9.17) is 4.74 Å². The van der Waals surface area contributed by atoms with Gasteiger partial charge in [-0.3, -0.25) is 14.4 Å². The highest BCUT2D eigenvalue weighted by Gasteiger charge is 2.77. The van der Waals surface area contributed by atoms with E-state index in [9.17, 15) is 14.7 Å². The molecule has 46 heavy (non-hydrogen) atoms. The number of likely N-dealkylation sites (tertiary alicyclic amines) is 1. The van der Waals surface area contributed by atoms with E-state index in [1.54, 1.807) is 22.0 Å². The normalized spacial score (nSPS) is 28.5. The number of benzene rings is 1. The fourth-order valence-corrected chi connectivity index (χ4v) is 9.45. The van der Waals surface area contributed by atoms with Gasteiger partial charge >= 0.3 is 0 Å². The average Bonchev–Trinajstić information content (AvgIpc) is 3.58. The van der Waals surface area contributed by atoms with Gasteiger partial charge < -0.3 is 24.5 Å². The Balaban J connectivity index is 1.84. The largest absolute Gasteiger partial charge is 0.394 e. The van der Waals surface area contributed by atoms with Gasteiger partial charge in [-0.05, 0) is 43.6 Å². The molecule has 4 rings (SSSR count). The predicted molar refractivity (Wildman–Crippen MR) is 185 cm³/mol. The van der Waals surface area contributed by atoms with Crippen LogP contribution in [0, 0.1) is 23.2 Å². The Morgan fingerprint density at radius 1 is 1.13 bits per heavy atom. The molecule has 2 bridgehead atoms. The molecule has 1 spiro atoms. The molecule has 0 aliphatic carbocycles. The molecule has 1 aromatic carbocycles. The first kappa shape index (κ1) is 36.3. The van der Waals surface area contributed by atoms with Crippen LogP contribution in [0.15, 0.2) is 55.6 Å². The highest BCUT2D eigenvalue weighted by atomic mass is 79.9. The van der Waals surface area contributed by atoms with Gasteiger partial charge in [0.05, 0.1) is 30.6 Å². The van der Waals surface area contributed by atoms with Gasteiger partial charge in [0.25, 0.3) is 0 Å². The molecule has 3 unspecified atom stereocenters. The van der Waals surface area contributed by atoms with Crippen molar-refractivity contribution < 1.29 is 24.2 Å². The summed E-state index contributed by atoms with van der Waals surface area (Å²) in [5.74, 6) is -2.44. The molecule has 3 aliphatic rings. The molecular weight excluding hydrogens is 646 g/mol. The van der Waals surface area contributed by atoms with Crippen molar-refractivity contribution in [2.45, 2.75) is 108 Å². The number of rotatable bonds is 14. The summed E-state index contributed by atoms with van der Waals surface area (Å²) in [5, 5.41) is 10.8. The molecule has 254 valence electrons. The van der Waals surface area contributed by atoms with Crippen molar-refractivity contribution in [3.63, 3.8) is 0 Å². The third-order valence-corrected chi connectivity index (χ3v) is 11.1. The number of amides is 3. The van der Waals surface area contributed by atoms with Crippen LogP contribution >= 0.6 is 15.9 Å². The van der Waals surface area contributed by atoms with Crippen molar-refractivity contribution in [3.05, 3.63) is 61.2 Å². The van der Waals surface area contributed by atoms with Crippen LogP contribution in [0.5, 0.6) is 0 Å². The zero-order valence-corrected chi connectivity index (χ0v) is 30.3. The van der Waals surface area contributed by atoms with Gasteiger partial charge in [0.1, 0.15) is 11.6 Å². The van der Waals surface area contributed by atoms with E-state index < -0.39 is 41.2 Å². The molecule has 0 aromatic heterocycles. The fraction of sp³-hybridized carbons (Fsp3) is 0.649. The zero-order chi connectivity index (χ0) is 34.2. The molecule has 3 amide bonds. The van der Waals surface area contributed by atoms with Crippen molar-refractivity contribution >= 4 is 33.7 Å². The predicted octanol–water partition coefficient (Wildman–Crippen LogP) is 5.59. The number of aliphatic hydroxyl groups excluding tert-OH is 1. The summed E-state index contributed by atoms with van der Waals surface area (Å²) >= 11 is 3.81. The van der Waals surface area contributed by atoms with Gasteiger partial charge in [-0.15, -0.1) is 13.2 Å². The number of fused-ring (bicyclic) bond motifs is 1. The summed E-state index contributed by atoms with van der Waals surface area (Å²) < 4.78 is 6.86. The molecule has 1 N–H and O–H groups in total. The van der Waals surface area contributed by atoms with Crippen molar-refractivity contribution in [2.24, 2.45) is 23.2 Å². The first-order valence-corrected chi connectivity index (χ1v) is 17.6. The monoisotopic (exact) mass is 699 g/mol. The number of hydrogen-bond acceptors (Lipinski definition) is 5. The Morgan fingerprint density at radius 3 is 2.30 bits per heavy atom. The van der Waals surface area contributed by atoms with E-state index in [0.717, 1.165) is 5.56 Å². The van der Waals surface area contributed by atoms with Crippen LogP contribution in [-0.2, 0) is 25.7 Å². The van der Waals surface area contributed by atoms with E-state index in [1.165, 1.54) is 0 Å². The number of nitrogens with zero attached hydrogens (tertiary/aromatic N) is 3. The number of alkyl halides is 1. The van der Waals surface area contributed by atoms with Crippen LogP contribution in [-0.4, -0.2) is 91.4 Å². The zero-order valence-electron chi connectivity index (χ0n) is 28.7. The van der Waals surface area contributed by atoms with Crippen molar-refractivity contribution in [1.82, 2.24) is 14.7 Å². The van der Waals surface area contributed by atoms with Crippen LogP contribution < -0.4 is 0 Å². The molecular formula is C37H54BrN3O5. The van der Waals surface area contributed by atoms with Gasteiger partial charge in [-0.1, -0.05) is 99.5 Å². The second-order valence-corrected chi connectivity index (χ2v) is 16.5. The number of aliphatic hydroxyl groups is 1. The van der Waals surface area contributed by atoms with Gasteiger partial charge in [0.2, 0.25) is 17.7 Å². The Morgan fingerprint density at radius 2 is 1.76 bits per heavy atom. The van der Waals surface area contributed by atoms with Gasteiger partial charge in [0.15, 0.2) is 0 Å². The SMILES string of the molecule is C=CCN(Cc1ccccc1)C(=O)[C@H]1[C@H]2C(=O)N([C@@H](CO)[C@@H](C)CC)C(C(=O)N(CC=C)C(C)(C)CC(C)(C)C)C23CC(Br)[C@@H]1O3. The smallest absolute Gasteiger partial charge is 0.249 e. The van der Waals surface area contributed by atoms with Crippen LogP contribution in [0.25, 0.3) is 0 Å². The summed E-state index contributed by atoms with van der Waals surface area (Å²) in [6.45, 7) is 23.1. The lowest BCUT2D eigenvalue weighted by Crippen LogP contribution is -2.63. The second kappa shape index (κ2) is 13.9. The second-order valence-electron chi connectivity index (χ2n) is 15.3. The van der Waals surface area contributed by atoms with Crippen molar-refractivity contribution in [2.75, 3.05) is 19.7 Å². The molecule has 8 atom stereocenters. The maximum Gasteiger partial charge on any atom is 0.249 e. The summed E-state index contributed by atoms with van der Waals surface area (Å²) in [4.78, 5) is 49.5. The average molecular weight is 701 g/mol. The Kier molecular flexibility index (Phi) is 11.0. The molecule has 1 aromatic rings. The highest BCUT2D eigenvalue weighted by Crippen LogP contribution is 2.61. The fourth-order valence-electron chi connectivity index (χ4n) is 8.51. The first-order valence-electron chi connectivity index (χ1n) is 16.7. The van der Waals surface area contributed by atoms with Gasteiger partial charge in [-0.25, -0.2) is 0 Å². The lowest BCUT2D eigenvalue weighted by Gasteiger charge is -2.47. The third-order valence-electron chi connectivity index (χ3n) is 10.2. The lowest BCUT2D eigenvalue weighted by atomic mass is 9.70. The number of carbonyl (C=O) groups is 3. The van der Waals surface area contributed by atoms with Crippen molar-refractivity contribution in [3.8, 4) is 0 Å². The summed E-state index contributed by atoms with van der Waals surface area (Å²) in [7, 11) is 0. The van der Waals surface area contributed by atoms with Crippen LogP contribution in [0.3, 0.4) is 0 Å². The van der Waals surface area contributed by atoms with E-state index in [0.29, 0.717) is 38.9 Å². The lowest BCUT2D eigenvalue weighted by molar-refractivity contribution is -0.157. The summed E-state index contributed by atoms with van der Waals surface area (Å²) in [6, 6.07) is 8.14. The minimum atomic E-state index is -1.22. The summed E-state index contributed by atoms with van der Waals surface area (Å²) in [5.41, 5.74) is -0.905. The van der Waals surface area contributed by atoms with Crippen LogP contribution in [0.4, 0.5) is 0 Å². The molecule has 8 nitrogen and oxygen atoms in total. The minimum Gasteiger partial charge on any atom is -0.394 e. The highest BCUT2D eigenvalue weighted by molar-refractivity contribution is 9.09. The van der Waals surface area contributed by atoms with E-state index >= 15 is 4.79 Å². The van der Waals surface area contributed by atoms with Gasteiger partial charge in [-0.2, -0.15) is 0 Å². The molecule has 3 aliphatic heterocycles. The number of carbonyl (C=O) groups excluding carboxylic acids is 3. The number of ether oxygens (including phenoxy) is 1. The molecule has 0 radical (unpaired) electrons. The van der Waals surface area contributed by atoms with E-state index in [-0.39, 0.29) is 40.5 Å². The van der Waals surface area contributed by atoms with Gasteiger partial charge in [0, 0.05) is 30.0 Å². The molecule has 9 heteroatoms. The van der Waals surface area contributed by atoms with Crippen LogP contribution in [0.2, 0.25) is 0 Å². The number of hydrogen-bond donors (Lipinski definition) is 1. The Bertz CT molecular complexity index is 1300. The minimum absolute atomic E-state index is 0.0757. The maximum atomic E-state index is 15.1. The number of halogens is 1. The van der Waals surface area contributed by atoms with E-state index in [2.05, 4.69) is 63.7 Å². The standard InChI is InChI=1S/C37H54BrN3O5/c1-10-18-39(21-25-16-14-13-15-17-25)32(43)28-29-33(44)41(27(22-42)24(4)12-3)31(37(29)20-26(38)30(28)46-37)34(45)40(19-11-2)36(8,9)23-35(5,6)7/h10-11,13-17,24,26-31,42H,1-2,12,18-23H2,3-9H3/t24-,26?,27-,28-,29-,30-,31?,37?/m0/s1. The Hall–Kier alpha value is -2.49. The first-order chi connectivity index (χ1) is 21.6. The molecule has 3 fully saturated rings. The third kappa shape index (κ3) is 6.61. The maximum absolute atomic E-state index is 15.1.